The molecule has 0 aliphatic rings. The largest absolute Gasteiger partial charge is 0.383 e. The molecular weight excluding hydrogens is 272 g/mol. The number of ether oxygens (including phenoxy) is 1. The Morgan fingerprint density at radius 2 is 2.30 bits per heavy atom. The zero-order valence-corrected chi connectivity index (χ0v) is 13.4. The first-order valence-corrected chi connectivity index (χ1v) is 7.60. The minimum atomic E-state index is 0.305. The summed E-state index contributed by atoms with van der Waals surface area (Å²) < 4.78 is 7.26. The van der Waals surface area contributed by atoms with Crippen LogP contribution in [-0.4, -0.2) is 40.2 Å². The van der Waals surface area contributed by atoms with E-state index in [-0.39, 0.29) is 0 Å². The molecule has 0 radical (unpaired) electrons. The van der Waals surface area contributed by atoms with E-state index in [1.54, 1.807) is 18.4 Å². The van der Waals surface area contributed by atoms with Gasteiger partial charge in [0.2, 0.25) is 0 Å². The minimum absolute atomic E-state index is 0.305. The number of aryl methyl sites for hydroxylation is 1. The van der Waals surface area contributed by atoms with E-state index in [1.165, 1.54) is 5.69 Å². The van der Waals surface area contributed by atoms with Crippen LogP contribution < -0.4 is 0 Å². The van der Waals surface area contributed by atoms with Gasteiger partial charge in [-0.3, -0.25) is 4.90 Å². The number of nitrogens with zero attached hydrogens (tertiary/aromatic N) is 4. The third-order valence-corrected chi connectivity index (χ3v) is 4.53. The summed E-state index contributed by atoms with van der Waals surface area (Å²) in [5.41, 5.74) is 2.29. The molecule has 0 spiro atoms. The summed E-state index contributed by atoms with van der Waals surface area (Å²) in [4.78, 5) is 11.1. The van der Waals surface area contributed by atoms with Crippen molar-refractivity contribution in [2.45, 2.75) is 33.0 Å². The Balaban J connectivity index is 2.00. The number of rotatable bonds is 7. The van der Waals surface area contributed by atoms with Crippen molar-refractivity contribution in [3.63, 3.8) is 0 Å². The summed E-state index contributed by atoms with van der Waals surface area (Å²) in [5.74, 6) is 0. The van der Waals surface area contributed by atoms with Crippen molar-refractivity contribution in [3.05, 3.63) is 34.3 Å². The average Bonchev–Trinajstić information content (AvgIpc) is 3.04. The highest BCUT2D eigenvalue weighted by atomic mass is 32.1. The van der Waals surface area contributed by atoms with Gasteiger partial charge < -0.3 is 9.30 Å². The van der Waals surface area contributed by atoms with Crippen LogP contribution in [0, 0.1) is 6.92 Å². The summed E-state index contributed by atoms with van der Waals surface area (Å²) in [7, 11) is 3.84. The van der Waals surface area contributed by atoms with E-state index in [2.05, 4.69) is 38.8 Å². The normalized spacial score (nSPS) is 13.1. The van der Waals surface area contributed by atoms with Crippen molar-refractivity contribution in [2.75, 3.05) is 20.8 Å². The standard InChI is InChI=1S/C14H22N4OS/c1-11-9-20-14(16-11)12(2)17(3)8-13-7-15-10-18(13)5-6-19-4/h7,9-10,12H,5-6,8H2,1-4H3/t12-/m0/s1. The lowest BCUT2D eigenvalue weighted by atomic mass is 10.3. The first kappa shape index (κ1) is 15.2. The molecule has 2 rings (SSSR count). The van der Waals surface area contributed by atoms with Crippen LogP contribution in [0.1, 0.15) is 29.4 Å². The average molecular weight is 294 g/mol. The van der Waals surface area contributed by atoms with Gasteiger partial charge >= 0.3 is 0 Å². The molecule has 0 aliphatic heterocycles. The van der Waals surface area contributed by atoms with Gasteiger partial charge in [0.15, 0.2) is 0 Å². The number of methoxy groups -OCH3 is 1. The monoisotopic (exact) mass is 294 g/mol. The second kappa shape index (κ2) is 6.97. The van der Waals surface area contributed by atoms with E-state index >= 15 is 0 Å². The smallest absolute Gasteiger partial charge is 0.110 e. The maximum Gasteiger partial charge on any atom is 0.110 e. The Morgan fingerprint density at radius 3 is 2.95 bits per heavy atom. The van der Waals surface area contributed by atoms with Crippen molar-refractivity contribution in [2.24, 2.45) is 0 Å². The van der Waals surface area contributed by atoms with Gasteiger partial charge in [-0.1, -0.05) is 0 Å². The van der Waals surface area contributed by atoms with E-state index in [0.29, 0.717) is 12.6 Å². The van der Waals surface area contributed by atoms with E-state index in [4.69, 9.17) is 4.74 Å². The molecule has 0 saturated heterocycles. The number of hydrogen-bond donors (Lipinski definition) is 0. The Hall–Kier alpha value is -1.24. The van der Waals surface area contributed by atoms with Crippen molar-refractivity contribution >= 4 is 11.3 Å². The highest BCUT2D eigenvalue weighted by Gasteiger charge is 2.16. The molecule has 2 aromatic rings. The first-order valence-electron chi connectivity index (χ1n) is 6.72. The van der Waals surface area contributed by atoms with Crippen LogP contribution in [0.25, 0.3) is 0 Å². The maximum atomic E-state index is 5.12. The summed E-state index contributed by atoms with van der Waals surface area (Å²) in [5, 5.41) is 3.26. The quantitative estimate of drug-likeness (QED) is 0.787. The van der Waals surface area contributed by atoms with E-state index in [1.807, 2.05) is 19.4 Å². The molecule has 2 aromatic heterocycles. The predicted molar refractivity (Wildman–Crippen MR) is 80.8 cm³/mol. The Labute approximate surface area is 124 Å². The number of hydrogen-bond acceptors (Lipinski definition) is 5. The van der Waals surface area contributed by atoms with Crippen LogP contribution in [0.5, 0.6) is 0 Å². The van der Waals surface area contributed by atoms with Gasteiger partial charge in [0.1, 0.15) is 5.01 Å². The zero-order valence-electron chi connectivity index (χ0n) is 12.5. The summed E-state index contributed by atoms with van der Waals surface area (Å²) >= 11 is 1.72. The van der Waals surface area contributed by atoms with Crippen LogP contribution in [0.2, 0.25) is 0 Å². The van der Waals surface area contributed by atoms with Crippen LogP contribution in [0.4, 0.5) is 0 Å². The van der Waals surface area contributed by atoms with Gasteiger partial charge in [-0.15, -0.1) is 11.3 Å². The van der Waals surface area contributed by atoms with Crippen LogP contribution in [0.15, 0.2) is 17.9 Å². The lowest BCUT2D eigenvalue weighted by Crippen LogP contribution is -2.23. The van der Waals surface area contributed by atoms with E-state index in [9.17, 15) is 0 Å². The fourth-order valence-electron chi connectivity index (χ4n) is 2.02. The number of thiazole rings is 1. The molecule has 0 bridgehead atoms. The van der Waals surface area contributed by atoms with Crippen molar-refractivity contribution in [1.29, 1.82) is 0 Å². The van der Waals surface area contributed by atoms with Gasteiger partial charge in [-0.05, 0) is 20.9 Å². The van der Waals surface area contributed by atoms with Crippen LogP contribution in [0.3, 0.4) is 0 Å². The van der Waals surface area contributed by atoms with Crippen molar-refractivity contribution < 1.29 is 4.74 Å². The van der Waals surface area contributed by atoms with Crippen molar-refractivity contribution in [3.8, 4) is 0 Å². The van der Waals surface area contributed by atoms with E-state index in [0.717, 1.165) is 23.8 Å². The SMILES string of the molecule is COCCn1cncc1CN(C)[C@@H](C)c1nc(C)cs1. The second-order valence-electron chi connectivity index (χ2n) is 4.99. The first-order chi connectivity index (χ1) is 9.61. The summed E-state index contributed by atoms with van der Waals surface area (Å²) in [6, 6.07) is 0.305. The lowest BCUT2D eigenvalue weighted by Gasteiger charge is -2.23. The molecule has 0 amide bonds. The maximum absolute atomic E-state index is 5.12. The summed E-state index contributed by atoms with van der Waals surface area (Å²) in [6.07, 6.45) is 3.78. The molecule has 0 saturated carbocycles. The fraction of sp³-hybridized carbons (Fsp3) is 0.571. The molecular formula is C14H22N4OS. The molecule has 0 N–H and O–H groups in total. The number of imidazole rings is 1. The Morgan fingerprint density at radius 1 is 1.50 bits per heavy atom. The van der Waals surface area contributed by atoms with Gasteiger partial charge in [0.25, 0.3) is 0 Å². The van der Waals surface area contributed by atoms with Crippen LogP contribution >= 0.6 is 11.3 Å². The molecule has 0 aliphatic carbocycles. The Bertz CT molecular complexity index is 537. The zero-order chi connectivity index (χ0) is 14.5. The third kappa shape index (κ3) is 3.65. The van der Waals surface area contributed by atoms with Gasteiger partial charge in [-0.2, -0.15) is 0 Å². The third-order valence-electron chi connectivity index (χ3n) is 3.40. The molecule has 0 fully saturated rings. The molecule has 2 heterocycles. The van der Waals surface area contributed by atoms with Gasteiger partial charge in [0, 0.05) is 37.5 Å². The molecule has 6 heteroatoms. The second-order valence-corrected chi connectivity index (χ2v) is 5.88. The molecule has 5 nitrogen and oxygen atoms in total. The van der Waals surface area contributed by atoms with Gasteiger partial charge in [-0.25, -0.2) is 9.97 Å². The lowest BCUT2D eigenvalue weighted by molar-refractivity contribution is 0.183. The number of aromatic nitrogens is 3. The highest BCUT2D eigenvalue weighted by Crippen LogP contribution is 2.23. The van der Waals surface area contributed by atoms with E-state index < -0.39 is 0 Å². The Kier molecular flexibility index (Phi) is 5.28. The van der Waals surface area contributed by atoms with Crippen molar-refractivity contribution in [1.82, 2.24) is 19.4 Å². The predicted octanol–water partition coefficient (Wildman–Crippen LogP) is 2.49. The minimum Gasteiger partial charge on any atom is -0.383 e. The molecule has 110 valence electrons. The topological polar surface area (TPSA) is 43.2 Å². The molecule has 0 aromatic carbocycles. The molecule has 20 heavy (non-hydrogen) atoms. The highest BCUT2D eigenvalue weighted by molar-refractivity contribution is 7.09. The molecule has 0 unspecified atom stereocenters. The summed E-state index contributed by atoms with van der Waals surface area (Å²) in [6.45, 7) is 6.61. The molecule has 1 atom stereocenters. The van der Waals surface area contributed by atoms with Crippen LogP contribution in [-0.2, 0) is 17.8 Å². The fourth-order valence-corrected chi connectivity index (χ4v) is 2.93. The van der Waals surface area contributed by atoms with Gasteiger partial charge in [0.05, 0.1) is 24.7 Å².